The average molecular weight is 286 g/mol. The van der Waals surface area contributed by atoms with E-state index in [1.165, 1.54) is 64.0 Å². The molecule has 2 heterocycles. The molecular weight excluding hydrogens is 256 g/mol. The highest BCUT2D eigenvalue weighted by Gasteiger charge is 2.24. The molecule has 0 saturated carbocycles. The monoisotopic (exact) mass is 286 g/mol. The van der Waals surface area contributed by atoms with Crippen LogP contribution in [0.4, 0.5) is 0 Å². The quantitative estimate of drug-likeness (QED) is 0.839. The molecule has 0 aliphatic carbocycles. The second-order valence-electron chi connectivity index (χ2n) is 7.23. The predicted octanol–water partition coefficient (Wildman–Crippen LogP) is 3.52. The van der Waals surface area contributed by atoms with Gasteiger partial charge in [-0.25, -0.2) is 0 Å². The molecule has 116 valence electrons. The van der Waals surface area contributed by atoms with E-state index >= 15 is 0 Å². The molecule has 3 rings (SSSR count). The topological polar surface area (TPSA) is 6.48 Å². The Morgan fingerprint density at radius 1 is 0.905 bits per heavy atom. The molecule has 2 aliphatic heterocycles. The molecule has 21 heavy (non-hydrogen) atoms. The standard InChI is InChI=1S/C19H30N2/c1-16-3-5-18(6-4-16)19-9-13-21(14-10-19)15-17-7-11-20(2)12-8-17/h3-6,17,19H,7-15H2,1-2H3. The van der Waals surface area contributed by atoms with E-state index in [2.05, 4.69) is 48.0 Å². The van der Waals surface area contributed by atoms with Crippen LogP contribution in [0.2, 0.25) is 0 Å². The van der Waals surface area contributed by atoms with Crippen molar-refractivity contribution in [2.45, 2.75) is 38.5 Å². The van der Waals surface area contributed by atoms with Crippen molar-refractivity contribution in [3.8, 4) is 0 Å². The first kappa shape index (κ1) is 15.1. The van der Waals surface area contributed by atoms with Gasteiger partial charge in [-0.15, -0.1) is 0 Å². The molecule has 0 spiro atoms. The lowest BCUT2D eigenvalue weighted by Gasteiger charge is -2.37. The molecule has 2 fully saturated rings. The van der Waals surface area contributed by atoms with E-state index < -0.39 is 0 Å². The minimum absolute atomic E-state index is 0.791. The summed E-state index contributed by atoms with van der Waals surface area (Å²) < 4.78 is 0. The lowest BCUT2D eigenvalue weighted by molar-refractivity contribution is 0.139. The molecule has 2 nitrogen and oxygen atoms in total. The zero-order chi connectivity index (χ0) is 14.7. The van der Waals surface area contributed by atoms with Crippen molar-refractivity contribution in [1.82, 2.24) is 9.80 Å². The van der Waals surface area contributed by atoms with Crippen LogP contribution >= 0.6 is 0 Å². The molecule has 2 heteroatoms. The van der Waals surface area contributed by atoms with Crippen molar-refractivity contribution >= 4 is 0 Å². The third-order valence-corrected chi connectivity index (χ3v) is 5.49. The molecule has 1 aromatic rings. The highest BCUT2D eigenvalue weighted by Crippen LogP contribution is 2.29. The average Bonchev–Trinajstić information content (AvgIpc) is 2.51. The van der Waals surface area contributed by atoms with Crippen LogP contribution in [0.1, 0.15) is 42.7 Å². The number of aryl methyl sites for hydroxylation is 1. The van der Waals surface area contributed by atoms with Crippen molar-refractivity contribution in [3.63, 3.8) is 0 Å². The lowest BCUT2D eigenvalue weighted by atomic mass is 9.88. The van der Waals surface area contributed by atoms with Gasteiger partial charge in [0.1, 0.15) is 0 Å². The number of nitrogens with zero attached hydrogens (tertiary/aromatic N) is 2. The Balaban J connectivity index is 1.45. The third kappa shape index (κ3) is 4.08. The Kier molecular flexibility index (Phi) is 4.97. The van der Waals surface area contributed by atoms with Crippen molar-refractivity contribution in [2.75, 3.05) is 39.8 Å². The number of likely N-dealkylation sites (tertiary alicyclic amines) is 2. The van der Waals surface area contributed by atoms with Crippen LogP contribution < -0.4 is 0 Å². The minimum atomic E-state index is 0.791. The smallest absolute Gasteiger partial charge is 0.00106 e. The van der Waals surface area contributed by atoms with Crippen molar-refractivity contribution in [2.24, 2.45) is 5.92 Å². The molecule has 2 saturated heterocycles. The molecule has 0 amide bonds. The van der Waals surface area contributed by atoms with Gasteiger partial charge in [-0.3, -0.25) is 0 Å². The van der Waals surface area contributed by atoms with Crippen LogP contribution in [0, 0.1) is 12.8 Å². The van der Waals surface area contributed by atoms with E-state index in [1.54, 1.807) is 5.56 Å². The maximum absolute atomic E-state index is 2.72. The van der Waals surface area contributed by atoms with E-state index in [9.17, 15) is 0 Å². The Bertz CT molecular complexity index is 423. The van der Waals surface area contributed by atoms with Crippen molar-refractivity contribution < 1.29 is 0 Å². The van der Waals surface area contributed by atoms with Gasteiger partial charge < -0.3 is 9.80 Å². The Morgan fingerprint density at radius 2 is 1.52 bits per heavy atom. The van der Waals surface area contributed by atoms with Gasteiger partial charge >= 0.3 is 0 Å². The molecule has 0 N–H and O–H groups in total. The number of rotatable bonds is 3. The van der Waals surface area contributed by atoms with Gasteiger partial charge in [0.2, 0.25) is 0 Å². The van der Waals surface area contributed by atoms with Gasteiger partial charge in [0.25, 0.3) is 0 Å². The fourth-order valence-electron chi connectivity index (χ4n) is 3.90. The Labute approximate surface area is 130 Å². The predicted molar refractivity (Wildman–Crippen MR) is 89.8 cm³/mol. The molecular formula is C19H30N2. The first-order valence-corrected chi connectivity index (χ1v) is 8.68. The van der Waals surface area contributed by atoms with Crippen LogP contribution in [0.5, 0.6) is 0 Å². The highest BCUT2D eigenvalue weighted by atomic mass is 15.1. The van der Waals surface area contributed by atoms with Crippen LogP contribution in [-0.4, -0.2) is 49.6 Å². The summed E-state index contributed by atoms with van der Waals surface area (Å²) in [5.41, 5.74) is 2.93. The fraction of sp³-hybridized carbons (Fsp3) is 0.684. The molecule has 0 unspecified atom stereocenters. The first-order chi connectivity index (χ1) is 10.2. The van der Waals surface area contributed by atoms with E-state index in [0.717, 1.165) is 11.8 Å². The summed E-state index contributed by atoms with van der Waals surface area (Å²) in [6, 6.07) is 9.21. The van der Waals surface area contributed by atoms with E-state index in [0.29, 0.717) is 0 Å². The van der Waals surface area contributed by atoms with Crippen molar-refractivity contribution in [3.05, 3.63) is 35.4 Å². The highest BCUT2D eigenvalue weighted by molar-refractivity contribution is 5.24. The van der Waals surface area contributed by atoms with E-state index in [1.807, 2.05) is 0 Å². The molecule has 0 atom stereocenters. The molecule has 0 bridgehead atoms. The van der Waals surface area contributed by atoms with Gasteiger partial charge in [-0.2, -0.15) is 0 Å². The summed E-state index contributed by atoms with van der Waals surface area (Å²) in [7, 11) is 2.25. The SMILES string of the molecule is Cc1ccc(C2CCN(CC3CCN(C)CC3)CC2)cc1. The van der Waals surface area contributed by atoms with E-state index in [-0.39, 0.29) is 0 Å². The molecule has 1 aromatic carbocycles. The zero-order valence-electron chi connectivity index (χ0n) is 13.7. The fourth-order valence-corrected chi connectivity index (χ4v) is 3.90. The number of hydrogen-bond donors (Lipinski definition) is 0. The lowest BCUT2D eigenvalue weighted by Crippen LogP contribution is -2.40. The van der Waals surface area contributed by atoms with Gasteiger partial charge in [0, 0.05) is 6.54 Å². The summed E-state index contributed by atoms with van der Waals surface area (Å²) in [4.78, 5) is 5.20. The van der Waals surface area contributed by atoms with Gasteiger partial charge in [-0.1, -0.05) is 29.8 Å². The molecule has 0 aromatic heterocycles. The number of piperidine rings is 2. The second kappa shape index (κ2) is 6.93. The second-order valence-corrected chi connectivity index (χ2v) is 7.23. The van der Waals surface area contributed by atoms with Gasteiger partial charge in [0.15, 0.2) is 0 Å². The summed E-state index contributed by atoms with van der Waals surface area (Å²) in [6.45, 7) is 8.70. The van der Waals surface area contributed by atoms with Crippen LogP contribution in [0.15, 0.2) is 24.3 Å². The molecule has 2 aliphatic rings. The summed E-state index contributed by atoms with van der Waals surface area (Å²) in [5.74, 6) is 1.73. The number of hydrogen-bond acceptors (Lipinski definition) is 2. The normalized spacial score (nSPS) is 23.5. The van der Waals surface area contributed by atoms with Crippen LogP contribution in [0.3, 0.4) is 0 Å². The van der Waals surface area contributed by atoms with Crippen molar-refractivity contribution in [1.29, 1.82) is 0 Å². The Morgan fingerprint density at radius 3 is 2.14 bits per heavy atom. The third-order valence-electron chi connectivity index (χ3n) is 5.49. The largest absolute Gasteiger partial charge is 0.306 e. The first-order valence-electron chi connectivity index (χ1n) is 8.68. The Hall–Kier alpha value is -0.860. The summed E-state index contributed by atoms with van der Waals surface area (Å²) in [6.07, 6.45) is 5.48. The number of benzene rings is 1. The minimum Gasteiger partial charge on any atom is -0.306 e. The maximum Gasteiger partial charge on any atom is 0.00106 e. The summed E-state index contributed by atoms with van der Waals surface area (Å²) in [5, 5.41) is 0. The zero-order valence-corrected chi connectivity index (χ0v) is 13.7. The van der Waals surface area contributed by atoms with Crippen LogP contribution in [-0.2, 0) is 0 Å². The van der Waals surface area contributed by atoms with Crippen LogP contribution in [0.25, 0.3) is 0 Å². The molecule has 0 radical (unpaired) electrons. The van der Waals surface area contributed by atoms with Gasteiger partial charge in [0.05, 0.1) is 0 Å². The van der Waals surface area contributed by atoms with E-state index in [4.69, 9.17) is 0 Å². The summed E-state index contributed by atoms with van der Waals surface area (Å²) >= 11 is 0. The maximum atomic E-state index is 2.72. The van der Waals surface area contributed by atoms with Gasteiger partial charge in [-0.05, 0) is 83.2 Å².